The van der Waals surface area contributed by atoms with Crippen molar-refractivity contribution < 1.29 is 12.9 Å². The van der Waals surface area contributed by atoms with E-state index < -0.39 is 10.0 Å². The van der Waals surface area contributed by atoms with E-state index in [0.29, 0.717) is 23.1 Å². The first kappa shape index (κ1) is 17.0. The van der Waals surface area contributed by atoms with Gasteiger partial charge in [-0.1, -0.05) is 24.2 Å². The minimum Gasteiger partial charge on any atom is -0.360 e. The normalized spacial score (nSPS) is 11.3. The fourth-order valence-corrected chi connectivity index (χ4v) is 3.25. The second-order valence-electron chi connectivity index (χ2n) is 5.48. The van der Waals surface area contributed by atoms with Gasteiger partial charge in [0, 0.05) is 6.07 Å². The molecule has 0 saturated heterocycles. The summed E-state index contributed by atoms with van der Waals surface area (Å²) in [5, 5.41) is 6.77. The zero-order valence-corrected chi connectivity index (χ0v) is 14.7. The molecular formula is C17H18N4O3S. The van der Waals surface area contributed by atoms with Gasteiger partial charge in [-0.15, -0.1) is 0 Å². The van der Waals surface area contributed by atoms with Gasteiger partial charge in [-0.2, -0.15) is 0 Å². The molecule has 0 unspecified atom stereocenters. The molecule has 0 aliphatic rings. The van der Waals surface area contributed by atoms with Crippen molar-refractivity contribution in [3.63, 3.8) is 0 Å². The highest BCUT2D eigenvalue weighted by atomic mass is 32.2. The Balaban J connectivity index is 1.71. The maximum atomic E-state index is 12.4. The summed E-state index contributed by atoms with van der Waals surface area (Å²) in [6, 6.07) is 11.8. The molecule has 0 bridgehead atoms. The van der Waals surface area contributed by atoms with Gasteiger partial charge in [0.05, 0.1) is 16.8 Å². The lowest BCUT2D eigenvalue weighted by atomic mass is 10.2. The van der Waals surface area contributed by atoms with E-state index >= 15 is 0 Å². The Morgan fingerprint density at radius 2 is 1.84 bits per heavy atom. The summed E-state index contributed by atoms with van der Waals surface area (Å²) < 4.78 is 32.3. The van der Waals surface area contributed by atoms with Crippen LogP contribution in [-0.2, 0) is 16.4 Å². The number of nitrogens with one attached hydrogen (secondary N) is 2. The maximum absolute atomic E-state index is 12.4. The van der Waals surface area contributed by atoms with Gasteiger partial charge in [0.2, 0.25) is 0 Å². The van der Waals surface area contributed by atoms with E-state index in [-0.39, 0.29) is 4.90 Å². The van der Waals surface area contributed by atoms with E-state index in [9.17, 15) is 8.42 Å². The molecule has 2 heterocycles. The van der Waals surface area contributed by atoms with Crippen LogP contribution < -0.4 is 10.0 Å². The van der Waals surface area contributed by atoms with Crippen LogP contribution in [0.1, 0.15) is 18.2 Å². The van der Waals surface area contributed by atoms with Crippen molar-refractivity contribution in [3.8, 4) is 0 Å². The quantitative estimate of drug-likeness (QED) is 0.700. The molecule has 2 aromatic heterocycles. The Hall–Kier alpha value is -2.87. The van der Waals surface area contributed by atoms with E-state index in [4.69, 9.17) is 4.52 Å². The number of hydrogen-bond donors (Lipinski definition) is 2. The Morgan fingerprint density at radius 1 is 1.08 bits per heavy atom. The molecule has 3 rings (SSSR count). The zero-order chi connectivity index (χ0) is 17.9. The van der Waals surface area contributed by atoms with Gasteiger partial charge in [-0.05, 0) is 43.2 Å². The van der Waals surface area contributed by atoms with E-state index in [1.54, 1.807) is 49.4 Å². The first-order valence-electron chi connectivity index (χ1n) is 7.74. The second-order valence-corrected chi connectivity index (χ2v) is 7.17. The summed E-state index contributed by atoms with van der Waals surface area (Å²) in [4.78, 5) is 4.38. The topological polar surface area (TPSA) is 97.1 Å². The number of nitrogens with zero attached hydrogens (tertiary/aromatic N) is 2. The third-order valence-electron chi connectivity index (χ3n) is 3.54. The zero-order valence-electron chi connectivity index (χ0n) is 13.9. The summed E-state index contributed by atoms with van der Waals surface area (Å²) in [6.45, 7) is 3.81. The van der Waals surface area contributed by atoms with Crippen LogP contribution in [-0.4, -0.2) is 18.6 Å². The van der Waals surface area contributed by atoms with Crippen LogP contribution >= 0.6 is 0 Å². The lowest BCUT2D eigenvalue weighted by Crippen LogP contribution is -2.13. The molecular weight excluding hydrogens is 340 g/mol. The molecule has 8 heteroatoms. The fourth-order valence-electron chi connectivity index (χ4n) is 2.20. The molecule has 0 fully saturated rings. The predicted octanol–water partition coefficient (Wildman–Crippen LogP) is 3.48. The van der Waals surface area contributed by atoms with Crippen molar-refractivity contribution in [3.05, 3.63) is 60.0 Å². The molecule has 0 atom stereocenters. The number of anilines is 3. The van der Waals surface area contributed by atoms with Crippen LogP contribution in [0.15, 0.2) is 58.1 Å². The highest BCUT2D eigenvalue weighted by Crippen LogP contribution is 2.19. The molecule has 7 nitrogen and oxygen atoms in total. The lowest BCUT2D eigenvalue weighted by Gasteiger charge is -2.09. The molecule has 0 aliphatic heterocycles. The van der Waals surface area contributed by atoms with Gasteiger partial charge in [0.25, 0.3) is 10.0 Å². The van der Waals surface area contributed by atoms with Crippen LogP contribution in [0.2, 0.25) is 0 Å². The predicted molar refractivity (Wildman–Crippen MR) is 95.4 cm³/mol. The van der Waals surface area contributed by atoms with E-state index in [1.165, 1.54) is 6.20 Å². The smallest absolute Gasteiger partial charge is 0.261 e. The fraction of sp³-hybridized carbons (Fsp3) is 0.176. The maximum Gasteiger partial charge on any atom is 0.261 e. The monoisotopic (exact) mass is 358 g/mol. The first-order valence-corrected chi connectivity index (χ1v) is 9.23. The average molecular weight is 358 g/mol. The van der Waals surface area contributed by atoms with Gasteiger partial charge in [0.15, 0.2) is 5.82 Å². The molecule has 1 aromatic carbocycles. The SMILES string of the molecule is CCc1ccc(S(=O)(=O)Nc2ccc(Nc3cc(C)on3)nc2)cc1. The third kappa shape index (κ3) is 4.16. The molecule has 2 N–H and O–H groups in total. The molecule has 0 saturated carbocycles. The number of rotatable bonds is 6. The molecule has 3 aromatic rings. The minimum atomic E-state index is -3.64. The number of sulfonamides is 1. The Kier molecular flexibility index (Phi) is 4.71. The Bertz CT molecular complexity index is 948. The van der Waals surface area contributed by atoms with Gasteiger partial charge in [-0.3, -0.25) is 4.72 Å². The van der Waals surface area contributed by atoms with Crippen LogP contribution in [0.3, 0.4) is 0 Å². The Morgan fingerprint density at radius 3 is 2.40 bits per heavy atom. The van der Waals surface area contributed by atoms with Crippen molar-refractivity contribution in [1.29, 1.82) is 0 Å². The highest BCUT2D eigenvalue weighted by molar-refractivity contribution is 7.92. The van der Waals surface area contributed by atoms with Crippen molar-refractivity contribution in [2.24, 2.45) is 0 Å². The van der Waals surface area contributed by atoms with Crippen molar-refractivity contribution in [2.45, 2.75) is 25.2 Å². The molecule has 0 radical (unpaired) electrons. The van der Waals surface area contributed by atoms with Crippen LogP contribution in [0.4, 0.5) is 17.3 Å². The summed E-state index contributed by atoms with van der Waals surface area (Å²) >= 11 is 0. The summed E-state index contributed by atoms with van der Waals surface area (Å²) in [5.74, 6) is 1.75. The van der Waals surface area contributed by atoms with E-state index in [1.807, 2.05) is 6.92 Å². The summed E-state index contributed by atoms with van der Waals surface area (Å²) in [5.41, 5.74) is 1.46. The van der Waals surface area contributed by atoms with Crippen LogP contribution in [0.5, 0.6) is 0 Å². The van der Waals surface area contributed by atoms with Crippen molar-refractivity contribution in [1.82, 2.24) is 10.1 Å². The second kappa shape index (κ2) is 6.94. The van der Waals surface area contributed by atoms with Gasteiger partial charge in [0.1, 0.15) is 11.6 Å². The summed E-state index contributed by atoms with van der Waals surface area (Å²) in [6.07, 6.45) is 2.30. The highest BCUT2D eigenvalue weighted by Gasteiger charge is 2.14. The van der Waals surface area contributed by atoms with Crippen molar-refractivity contribution in [2.75, 3.05) is 10.0 Å². The van der Waals surface area contributed by atoms with Gasteiger partial charge >= 0.3 is 0 Å². The molecule has 0 amide bonds. The third-order valence-corrected chi connectivity index (χ3v) is 4.94. The standard InChI is InChI=1S/C17H18N4O3S/c1-3-13-4-7-15(8-5-13)25(22,23)21-14-6-9-16(18-11-14)19-17-10-12(2)24-20-17/h4-11,21H,3H2,1-2H3,(H,18,19,20). The molecule has 25 heavy (non-hydrogen) atoms. The largest absolute Gasteiger partial charge is 0.360 e. The van der Waals surface area contributed by atoms with Crippen LogP contribution in [0, 0.1) is 6.92 Å². The number of aryl methyl sites for hydroxylation is 2. The molecule has 0 aliphatic carbocycles. The van der Waals surface area contributed by atoms with Crippen molar-refractivity contribution >= 4 is 27.3 Å². The molecule has 130 valence electrons. The first-order chi connectivity index (χ1) is 12.0. The van der Waals surface area contributed by atoms with E-state index in [2.05, 4.69) is 20.2 Å². The number of aromatic nitrogens is 2. The number of benzene rings is 1. The average Bonchev–Trinajstić information content (AvgIpc) is 3.01. The van der Waals surface area contributed by atoms with Gasteiger partial charge in [-0.25, -0.2) is 13.4 Å². The molecule has 0 spiro atoms. The number of pyridine rings is 1. The van der Waals surface area contributed by atoms with Crippen LogP contribution in [0.25, 0.3) is 0 Å². The van der Waals surface area contributed by atoms with E-state index in [0.717, 1.165) is 12.0 Å². The minimum absolute atomic E-state index is 0.213. The lowest BCUT2D eigenvalue weighted by molar-refractivity contribution is 0.400. The summed E-state index contributed by atoms with van der Waals surface area (Å²) in [7, 11) is -3.64. The Labute approximate surface area is 146 Å². The number of hydrogen-bond acceptors (Lipinski definition) is 6. The van der Waals surface area contributed by atoms with Gasteiger partial charge < -0.3 is 9.84 Å².